The number of hydrogen-bond acceptors (Lipinski definition) is 2. The van der Waals surface area contributed by atoms with Crippen molar-refractivity contribution in [1.82, 2.24) is 14.8 Å². The van der Waals surface area contributed by atoms with Crippen molar-refractivity contribution >= 4 is 0 Å². The van der Waals surface area contributed by atoms with Gasteiger partial charge >= 0.3 is 0 Å². The van der Waals surface area contributed by atoms with Crippen LogP contribution in [-0.4, -0.2) is 14.8 Å². The molecule has 84 valence electrons. The summed E-state index contributed by atoms with van der Waals surface area (Å²) in [5.74, 6) is 2.94. The fraction of sp³-hybridized carbons (Fsp3) is 0.833. The van der Waals surface area contributed by atoms with Crippen LogP contribution in [0.5, 0.6) is 0 Å². The van der Waals surface area contributed by atoms with Gasteiger partial charge in [-0.3, -0.25) is 0 Å². The third-order valence-electron chi connectivity index (χ3n) is 3.45. The quantitative estimate of drug-likeness (QED) is 0.708. The standard InChI is InChI=1S/C12H21N3/c1-5-10-13-11-8-9(12(2,3)4)6-7-15(11)14-10/h9H,5-8H2,1-4H3. The van der Waals surface area contributed by atoms with Gasteiger partial charge in [0.05, 0.1) is 0 Å². The minimum atomic E-state index is 0.392. The fourth-order valence-electron chi connectivity index (χ4n) is 2.25. The molecule has 0 saturated heterocycles. The zero-order valence-electron chi connectivity index (χ0n) is 10.2. The molecule has 0 fully saturated rings. The van der Waals surface area contributed by atoms with E-state index in [4.69, 9.17) is 0 Å². The molecule has 1 aromatic rings. The highest BCUT2D eigenvalue weighted by Gasteiger charge is 2.30. The average molecular weight is 207 g/mol. The summed E-state index contributed by atoms with van der Waals surface area (Å²) in [4.78, 5) is 4.58. The fourth-order valence-corrected chi connectivity index (χ4v) is 2.25. The topological polar surface area (TPSA) is 30.7 Å². The molecule has 3 nitrogen and oxygen atoms in total. The maximum atomic E-state index is 4.58. The zero-order chi connectivity index (χ0) is 11.1. The number of aromatic nitrogens is 3. The van der Waals surface area contributed by atoms with Gasteiger partial charge in [-0.15, -0.1) is 0 Å². The lowest BCUT2D eigenvalue weighted by Gasteiger charge is -2.33. The molecule has 1 aromatic heterocycles. The van der Waals surface area contributed by atoms with Crippen molar-refractivity contribution < 1.29 is 0 Å². The Bertz CT molecular complexity index is 346. The van der Waals surface area contributed by atoms with Crippen molar-refractivity contribution in [3.8, 4) is 0 Å². The molecular weight excluding hydrogens is 186 g/mol. The Balaban J connectivity index is 2.19. The van der Waals surface area contributed by atoms with E-state index in [1.54, 1.807) is 0 Å². The van der Waals surface area contributed by atoms with Crippen molar-refractivity contribution in [2.75, 3.05) is 0 Å². The summed E-state index contributed by atoms with van der Waals surface area (Å²) in [6, 6.07) is 0. The van der Waals surface area contributed by atoms with E-state index in [9.17, 15) is 0 Å². The molecule has 0 bridgehead atoms. The molecule has 1 aliphatic heterocycles. The van der Waals surface area contributed by atoms with Crippen LogP contribution >= 0.6 is 0 Å². The number of fused-ring (bicyclic) bond motifs is 1. The Labute approximate surface area is 91.9 Å². The molecule has 1 unspecified atom stereocenters. The Kier molecular flexibility index (Phi) is 2.57. The molecule has 2 rings (SSSR count). The van der Waals surface area contributed by atoms with Gasteiger partial charge in [-0.05, 0) is 17.8 Å². The average Bonchev–Trinajstić information content (AvgIpc) is 2.57. The van der Waals surface area contributed by atoms with E-state index < -0.39 is 0 Å². The summed E-state index contributed by atoms with van der Waals surface area (Å²) in [7, 11) is 0. The van der Waals surface area contributed by atoms with Crippen LogP contribution in [0.25, 0.3) is 0 Å². The van der Waals surface area contributed by atoms with Gasteiger partial charge < -0.3 is 0 Å². The Morgan fingerprint density at radius 3 is 2.73 bits per heavy atom. The van der Waals surface area contributed by atoms with Crippen LogP contribution in [0.4, 0.5) is 0 Å². The number of rotatable bonds is 1. The summed E-state index contributed by atoms with van der Waals surface area (Å²) in [5, 5.41) is 4.49. The molecule has 0 spiro atoms. The van der Waals surface area contributed by atoms with Crippen LogP contribution in [-0.2, 0) is 19.4 Å². The molecule has 0 saturated carbocycles. The first kappa shape index (κ1) is 10.7. The predicted octanol–water partition coefficient (Wildman–Crippen LogP) is 2.45. The molecule has 0 N–H and O–H groups in total. The Hall–Kier alpha value is -0.860. The first-order valence-electron chi connectivity index (χ1n) is 5.93. The first-order chi connectivity index (χ1) is 7.00. The van der Waals surface area contributed by atoms with Crippen molar-refractivity contribution in [3.05, 3.63) is 11.6 Å². The monoisotopic (exact) mass is 207 g/mol. The maximum Gasteiger partial charge on any atom is 0.150 e. The van der Waals surface area contributed by atoms with Gasteiger partial charge in [0, 0.05) is 19.4 Å². The molecule has 0 aromatic carbocycles. The summed E-state index contributed by atoms with van der Waals surface area (Å²) in [6.07, 6.45) is 3.28. The lowest BCUT2D eigenvalue weighted by atomic mass is 9.75. The molecule has 15 heavy (non-hydrogen) atoms. The molecule has 1 atom stereocenters. The van der Waals surface area contributed by atoms with Crippen molar-refractivity contribution in [2.45, 2.75) is 53.5 Å². The van der Waals surface area contributed by atoms with E-state index in [1.165, 1.54) is 12.2 Å². The molecule has 0 radical (unpaired) electrons. The van der Waals surface area contributed by atoms with E-state index in [0.29, 0.717) is 5.41 Å². The van der Waals surface area contributed by atoms with Gasteiger partial charge in [-0.2, -0.15) is 5.10 Å². The van der Waals surface area contributed by atoms with Gasteiger partial charge in [0.2, 0.25) is 0 Å². The predicted molar refractivity (Wildman–Crippen MR) is 60.7 cm³/mol. The van der Waals surface area contributed by atoms with Crippen molar-refractivity contribution in [3.63, 3.8) is 0 Å². The zero-order valence-corrected chi connectivity index (χ0v) is 10.2. The van der Waals surface area contributed by atoms with Crippen LogP contribution in [0.3, 0.4) is 0 Å². The van der Waals surface area contributed by atoms with Crippen molar-refractivity contribution in [2.24, 2.45) is 11.3 Å². The van der Waals surface area contributed by atoms with Crippen molar-refractivity contribution in [1.29, 1.82) is 0 Å². The van der Waals surface area contributed by atoms with E-state index in [2.05, 4.69) is 42.5 Å². The number of aryl methyl sites for hydroxylation is 2. The van der Waals surface area contributed by atoms with Crippen LogP contribution in [0.2, 0.25) is 0 Å². The second-order valence-corrected chi connectivity index (χ2v) is 5.58. The highest BCUT2D eigenvalue weighted by Crippen LogP contribution is 2.34. The molecule has 2 heterocycles. The van der Waals surface area contributed by atoms with Crippen LogP contribution < -0.4 is 0 Å². The van der Waals surface area contributed by atoms with Gasteiger partial charge in [0.15, 0.2) is 5.82 Å². The lowest BCUT2D eigenvalue weighted by Crippen LogP contribution is -2.29. The van der Waals surface area contributed by atoms with Gasteiger partial charge in [0.1, 0.15) is 5.82 Å². The van der Waals surface area contributed by atoms with Crippen LogP contribution in [0.1, 0.15) is 45.8 Å². The molecule has 0 aliphatic carbocycles. The summed E-state index contributed by atoms with van der Waals surface area (Å²) in [5.41, 5.74) is 0.392. The minimum Gasteiger partial charge on any atom is -0.250 e. The van der Waals surface area contributed by atoms with E-state index in [1.807, 2.05) is 0 Å². The highest BCUT2D eigenvalue weighted by molar-refractivity contribution is 4.99. The minimum absolute atomic E-state index is 0.392. The van der Waals surface area contributed by atoms with E-state index in [0.717, 1.165) is 31.1 Å². The Morgan fingerprint density at radius 2 is 2.13 bits per heavy atom. The SMILES string of the molecule is CCc1nc2n(n1)CCC(C(C)(C)C)C2. The summed E-state index contributed by atoms with van der Waals surface area (Å²) >= 11 is 0. The highest BCUT2D eigenvalue weighted by atomic mass is 15.3. The van der Waals surface area contributed by atoms with Crippen LogP contribution in [0.15, 0.2) is 0 Å². The van der Waals surface area contributed by atoms with E-state index >= 15 is 0 Å². The first-order valence-corrected chi connectivity index (χ1v) is 5.93. The lowest BCUT2D eigenvalue weighted by molar-refractivity contribution is 0.188. The maximum absolute atomic E-state index is 4.58. The van der Waals surface area contributed by atoms with E-state index in [-0.39, 0.29) is 0 Å². The second-order valence-electron chi connectivity index (χ2n) is 5.58. The van der Waals surface area contributed by atoms with Gasteiger partial charge in [-0.25, -0.2) is 9.67 Å². The molecule has 0 amide bonds. The molecule has 1 aliphatic rings. The largest absolute Gasteiger partial charge is 0.250 e. The summed E-state index contributed by atoms with van der Waals surface area (Å²) in [6.45, 7) is 10.1. The number of nitrogens with zero attached hydrogens (tertiary/aromatic N) is 3. The van der Waals surface area contributed by atoms with Gasteiger partial charge in [0.25, 0.3) is 0 Å². The Morgan fingerprint density at radius 1 is 1.40 bits per heavy atom. The normalized spacial score (nSPS) is 21.5. The number of hydrogen-bond donors (Lipinski definition) is 0. The third-order valence-corrected chi connectivity index (χ3v) is 3.45. The smallest absolute Gasteiger partial charge is 0.150 e. The van der Waals surface area contributed by atoms with Gasteiger partial charge in [-0.1, -0.05) is 27.7 Å². The molecular formula is C12H21N3. The second kappa shape index (κ2) is 3.62. The molecule has 3 heteroatoms. The summed E-state index contributed by atoms with van der Waals surface area (Å²) < 4.78 is 2.10. The van der Waals surface area contributed by atoms with Crippen LogP contribution in [0, 0.1) is 11.3 Å². The third kappa shape index (κ3) is 2.06.